The zero-order valence-corrected chi connectivity index (χ0v) is 16.7. The number of hydrogen-bond acceptors (Lipinski definition) is 5. The van der Waals surface area contributed by atoms with Gasteiger partial charge in [0.2, 0.25) is 5.95 Å². The van der Waals surface area contributed by atoms with Gasteiger partial charge in [0.25, 0.3) is 0 Å². The normalized spacial score (nSPS) is 18.1. The van der Waals surface area contributed by atoms with E-state index in [1.807, 2.05) is 36.1 Å². The smallest absolute Gasteiger partial charge is 0.345 e. The van der Waals surface area contributed by atoms with Gasteiger partial charge in [-0.2, -0.15) is 13.2 Å². The minimum absolute atomic E-state index is 0.0648. The molecule has 1 spiro atoms. The lowest BCUT2D eigenvalue weighted by molar-refractivity contribution is -0.115. The van der Waals surface area contributed by atoms with Crippen LogP contribution in [0.25, 0.3) is 0 Å². The van der Waals surface area contributed by atoms with Gasteiger partial charge in [-0.05, 0) is 31.9 Å². The van der Waals surface area contributed by atoms with Crippen molar-refractivity contribution in [1.82, 2.24) is 9.97 Å². The van der Waals surface area contributed by atoms with Crippen molar-refractivity contribution in [2.24, 2.45) is 0 Å². The molecule has 1 N–H and O–H groups in total. The largest absolute Gasteiger partial charge is 0.405 e. The van der Waals surface area contributed by atoms with Crippen molar-refractivity contribution >= 4 is 17.6 Å². The predicted octanol–water partition coefficient (Wildman–Crippen LogP) is 4.70. The van der Waals surface area contributed by atoms with Crippen molar-refractivity contribution < 1.29 is 18.0 Å². The second-order valence-corrected chi connectivity index (χ2v) is 8.05. The fraction of sp³-hybridized carbons (Fsp3) is 0.455. The molecule has 1 fully saturated rings. The zero-order valence-electron chi connectivity index (χ0n) is 16.7. The molecule has 0 saturated heterocycles. The predicted molar refractivity (Wildman–Crippen MR) is 108 cm³/mol. The topological polar surface area (TPSA) is 58.1 Å². The van der Waals surface area contributed by atoms with Crippen LogP contribution in [0.2, 0.25) is 0 Å². The van der Waals surface area contributed by atoms with Gasteiger partial charge in [-0.15, -0.1) is 0 Å². The Kier molecular flexibility index (Phi) is 5.28. The summed E-state index contributed by atoms with van der Waals surface area (Å²) in [6, 6.07) is 7.91. The van der Waals surface area contributed by atoms with Crippen LogP contribution in [0, 0.1) is 6.92 Å². The van der Waals surface area contributed by atoms with Crippen LogP contribution < -0.4 is 10.2 Å². The summed E-state index contributed by atoms with van der Waals surface area (Å²) in [5.74, 6) is 2.11. The van der Waals surface area contributed by atoms with E-state index >= 15 is 0 Å². The van der Waals surface area contributed by atoms with E-state index in [1.54, 1.807) is 6.20 Å². The Morgan fingerprint density at radius 2 is 1.87 bits per heavy atom. The summed E-state index contributed by atoms with van der Waals surface area (Å²) in [4.78, 5) is 22.8. The molecule has 0 amide bonds. The molecule has 2 heterocycles. The highest BCUT2D eigenvalue weighted by Crippen LogP contribution is 2.50. The van der Waals surface area contributed by atoms with Crippen LogP contribution in [-0.4, -0.2) is 28.6 Å². The summed E-state index contributed by atoms with van der Waals surface area (Å²) in [6.45, 7) is 1.17. The number of halogens is 3. The zero-order chi connectivity index (χ0) is 21.4. The second-order valence-electron chi connectivity index (χ2n) is 8.05. The minimum atomic E-state index is -4.36. The first-order chi connectivity index (χ1) is 14.3. The quantitative estimate of drug-likeness (QED) is 0.736. The van der Waals surface area contributed by atoms with Crippen LogP contribution >= 0.6 is 0 Å². The van der Waals surface area contributed by atoms with E-state index < -0.39 is 18.1 Å². The number of fused-ring (bicyclic) bond motifs is 2. The molecule has 30 heavy (non-hydrogen) atoms. The number of hydrogen-bond donors (Lipinski definition) is 1. The molecule has 2 aliphatic rings. The van der Waals surface area contributed by atoms with Crippen molar-refractivity contribution in [2.75, 3.05) is 16.8 Å². The molecule has 1 aliphatic heterocycles. The maximum atomic E-state index is 12.6. The fourth-order valence-electron chi connectivity index (χ4n) is 4.55. The molecular weight excluding hydrogens is 393 g/mol. The van der Waals surface area contributed by atoms with Gasteiger partial charge < -0.3 is 10.2 Å². The molecule has 0 atom stereocenters. The highest BCUT2D eigenvalue weighted by Gasteiger charge is 2.47. The Labute approximate surface area is 173 Å². The van der Waals surface area contributed by atoms with Gasteiger partial charge in [0, 0.05) is 17.4 Å². The molecule has 4 rings (SSSR count). The number of rotatable bonds is 3. The minimum Gasteiger partial charge on any atom is -0.345 e. The third-order valence-electron chi connectivity index (χ3n) is 5.97. The lowest BCUT2D eigenvalue weighted by atomic mass is 9.66. The molecule has 158 valence electrons. The summed E-state index contributed by atoms with van der Waals surface area (Å²) in [5, 5.41) is 2.27. The Morgan fingerprint density at radius 1 is 1.17 bits per heavy atom. The van der Waals surface area contributed by atoms with Crippen LogP contribution in [-0.2, 0) is 16.8 Å². The van der Waals surface area contributed by atoms with Gasteiger partial charge in [0.1, 0.15) is 18.2 Å². The van der Waals surface area contributed by atoms with Gasteiger partial charge in [-0.3, -0.25) is 0 Å². The van der Waals surface area contributed by atoms with Gasteiger partial charge in [-0.25, -0.2) is 14.8 Å². The molecule has 1 aliphatic carbocycles. The molecule has 0 bridgehead atoms. The summed E-state index contributed by atoms with van der Waals surface area (Å²) >= 11 is 0. The van der Waals surface area contributed by atoms with Gasteiger partial charge in [0.05, 0.1) is 17.7 Å². The Bertz CT molecular complexity index is 975. The van der Waals surface area contributed by atoms with E-state index in [-0.39, 0.29) is 5.95 Å². The summed E-state index contributed by atoms with van der Waals surface area (Å²) in [5.41, 5.74) is 3.34. The van der Waals surface area contributed by atoms with Gasteiger partial charge in [-0.1, -0.05) is 37.0 Å². The number of benzene rings is 1. The molecule has 1 saturated carbocycles. The van der Waals surface area contributed by atoms with Crippen LogP contribution in [0.5, 0.6) is 0 Å². The first-order valence-electron chi connectivity index (χ1n) is 10.1. The first kappa shape index (κ1) is 20.4. The molecule has 8 heteroatoms. The first-order valence-corrected chi connectivity index (χ1v) is 10.1. The number of aromatic nitrogens is 2. The van der Waals surface area contributed by atoms with E-state index in [0.29, 0.717) is 30.8 Å². The van der Waals surface area contributed by atoms with Crippen molar-refractivity contribution in [3.8, 4) is 0 Å². The van der Waals surface area contributed by atoms with Crippen LogP contribution in [0.15, 0.2) is 36.2 Å². The molecule has 1 aromatic heterocycles. The van der Waals surface area contributed by atoms with Gasteiger partial charge in [0.15, 0.2) is 0 Å². The van der Waals surface area contributed by atoms with E-state index in [1.165, 1.54) is 0 Å². The fourth-order valence-corrected chi connectivity index (χ4v) is 4.55. The number of alkyl halides is 3. The maximum Gasteiger partial charge on any atom is 0.405 e. The number of nitrogens with zero attached hydrogens (tertiary/aromatic N) is 3. The Hall–Kier alpha value is -2.86. The average molecular weight is 416 g/mol. The second kappa shape index (κ2) is 7.76. The highest BCUT2D eigenvalue weighted by atomic mass is 19.4. The van der Waals surface area contributed by atoms with Crippen LogP contribution in [0.4, 0.5) is 24.8 Å². The number of aryl methyl sites for hydroxylation is 1. The Balaban J connectivity index is 1.79. The Morgan fingerprint density at radius 3 is 2.50 bits per heavy atom. The van der Waals surface area contributed by atoms with Crippen molar-refractivity contribution in [1.29, 1.82) is 0 Å². The lowest BCUT2D eigenvalue weighted by Crippen LogP contribution is -2.46. The number of anilines is 2. The number of carbonyl (C=O) groups excluding carboxylic acids is 1. The maximum absolute atomic E-state index is 12.6. The molecular formula is C22H23F3N4O. The van der Waals surface area contributed by atoms with E-state index in [4.69, 9.17) is 0 Å². The van der Waals surface area contributed by atoms with Crippen molar-refractivity contribution in [3.63, 3.8) is 0 Å². The molecule has 2 aromatic rings. The van der Waals surface area contributed by atoms with Crippen LogP contribution in [0.1, 0.15) is 48.9 Å². The van der Waals surface area contributed by atoms with Crippen molar-refractivity contribution in [2.45, 2.75) is 57.2 Å². The molecule has 1 aromatic carbocycles. The molecule has 0 unspecified atom stereocenters. The molecule has 0 radical (unpaired) electrons. The number of allylic oxidation sites excluding steroid dienone is 1. The summed E-state index contributed by atoms with van der Waals surface area (Å²) in [7, 11) is 0. The SMILES string of the molecule is Cc1ccc(N2Cc3cnc(NCC(F)(F)F)nc3C3(CCCCC3)C2=C=O)cc1. The highest BCUT2D eigenvalue weighted by molar-refractivity contribution is 5.71. The summed E-state index contributed by atoms with van der Waals surface area (Å²) < 4.78 is 37.9. The van der Waals surface area contributed by atoms with Crippen molar-refractivity contribution in [3.05, 3.63) is 53.0 Å². The monoisotopic (exact) mass is 416 g/mol. The lowest BCUT2D eigenvalue weighted by Gasteiger charge is -2.46. The number of nitrogens with one attached hydrogen (secondary N) is 1. The van der Waals surface area contributed by atoms with E-state index in [9.17, 15) is 18.0 Å². The van der Waals surface area contributed by atoms with E-state index in [0.717, 1.165) is 36.1 Å². The third-order valence-corrected chi connectivity index (χ3v) is 5.97. The molecule has 5 nitrogen and oxygen atoms in total. The van der Waals surface area contributed by atoms with Gasteiger partial charge >= 0.3 is 6.18 Å². The standard InChI is InChI=1S/C22H23F3N4O/c1-15-5-7-17(8-6-15)29-12-16-11-26-20(27-14-22(23,24)25)28-19(16)21(18(29)13-30)9-3-2-4-10-21/h5-8,11H,2-4,9-10,12,14H2,1H3,(H,26,27,28). The average Bonchev–Trinajstić information content (AvgIpc) is 2.73. The van der Waals surface area contributed by atoms with Crippen LogP contribution in [0.3, 0.4) is 0 Å². The summed E-state index contributed by atoms with van der Waals surface area (Å²) in [6.07, 6.45) is 1.53. The van der Waals surface area contributed by atoms with E-state index in [2.05, 4.69) is 21.2 Å². The third kappa shape index (κ3) is 3.79.